The van der Waals surface area contributed by atoms with Crippen molar-refractivity contribution in [3.05, 3.63) is 40.4 Å². The molecule has 0 radical (unpaired) electrons. The van der Waals surface area contributed by atoms with E-state index in [1.54, 1.807) is 30.3 Å². The molecule has 1 N–H and O–H groups in total. The van der Waals surface area contributed by atoms with Gasteiger partial charge in [-0.05, 0) is 16.1 Å². The predicted molar refractivity (Wildman–Crippen MR) is 65.0 cm³/mol. The molecular weight excluding hydrogens is 335 g/mol. The second-order valence-electron chi connectivity index (χ2n) is 3.84. The highest BCUT2D eigenvalue weighted by molar-refractivity contribution is 9.11. The van der Waals surface area contributed by atoms with E-state index in [1.807, 2.05) is 0 Å². The van der Waals surface area contributed by atoms with Crippen molar-refractivity contribution >= 4 is 22.0 Å². The maximum Gasteiger partial charge on any atom is 0.456 e. The normalized spacial score (nSPS) is 15.4. The third kappa shape index (κ3) is 4.28. The van der Waals surface area contributed by atoms with E-state index < -0.39 is 24.6 Å². The molecule has 0 saturated heterocycles. The van der Waals surface area contributed by atoms with Crippen LogP contribution in [-0.4, -0.2) is 23.3 Å². The highest BCUT2D eigenvalue weighted by Gasteiger charge is 2.62. The van der Waals surface area contributed by atoms with Gasteiger partial charge in [0, 0.05) is 6.42 Å². The lowest BCUT2D eigenvalue weighted by Gasteiger charge is -2.24. The van der Waals surface area contributed by atoms with Gasteiger partial charge in [-0.2, -0.15) is 22.0 Å². The van der Waals surface area contributed by atoms with E-state index in [0.717, 1.165) is 0 Å². The minimum absolute atomic E-state index is 0.0510. The topological polar surface area (TPSA) is 20.2 Å². The standard InChI is InChI=1S/C12H10BrF5O/c13-9(6-8-4-2-1-3-5-8)7-10(19)11(14,15)12(16,17)18/h1-6,10,19H,7H2. The van der Waals surface area contributed by atoms with Crippen LogP contribution in [0.25, 0.3) is 6.08 Å². The Labute approximate surface area is 114 Å². The number of halogens is 6. The third-order valence-electron chi connectivity index (χ3n) is 2.31. The maximum absolute atomic E-state index is 12.8. The van der Waals surface area contributed by atoms with Crippen molar-refractivity contribution in [3.63, 3.8) is 0 Å². The van der Waals surface area contributed by atoms with Gasteiger partial charge in [0.2, 0.25) is 0 Å². The summed E-state index contributed by atoms with van der Waals surface area (Å²) in [5.41, 5.74) is 0.622. The fourth-order valence-corrected chi connectivity index (χ4v) is 1.86. The van der Waals surface area contributed by atoms with Gasteiger partial charge in [0.1, 0.15) is 6.10 Å². The molecule has 0 spiro atoms. The molecule has 0 aliphatic rings. The first-order valence-corrected chi connectivity index (χ1v) is 5.97. The second kappa shape index (κ2) is 6.00. The van der Waals surface area contributed by atoms with Gasteiger partial charge in [-0.25, -0.2) is 0 Å². The van der Waals surface area contributed by atoms with Crippen LogP contribution in [0.3, 0.4) is 0 Å². The summed E-state index contributed by atoms with van der Waals surface area (Å²) in [6, 6.07) is 8.41. The van der Waals surface area contributed by atoms with Crippen molar-refractivity contribution in [1.82, 2.24) is 0 Å². The van der Waals surface area contributed by atoms with E-state index in [0.29, 0.717) is 5.56 Å². The van der Waals surface area contributed by atoms with Crippen molar-refractivity contribution < 1.29 is 27.1 Å². The van der Waals surface area contributed by atoms with Crippen LogP contribution in [0.2, 0.25) is 0 Å². The Bertz CT molecular complexity index is 441. The van der Waals surface area contributed by atoms with Gasteiger partial charge < -0.3 is 5.11 Å². The minimum atomic E-state index is -5.77. The molecule has 0 saturated carbocycles. The van der Waals surface area contributed by atoms with E-state index in [9.17, 15) is 22.0 Å². The van der Waals surface area contributed by atoms with Crippen LogP contribution in [0.5, 0.6) is 0 Å². The Morgan fingerprint density at radius 3 is 2.16 bits per heavy atom. The van der Waals surface area contributed by atoms with Crippen molar-refractivity contribution in [2.45, 2.75) is 24.6 Å². The lowest BCUT2D eigenvalue weighted by Crippen LogP contribution is -2.46. The molecule has 0 aliphatic heterocycles. The van der Waals surface area contributed by atoms with Crippen molar-refractivity contribution in [2.24, 2.45) is 0 Å². The Kier molecular flexibility index (Phi) is 5.09. The summed E-state index contributed by atoms with van der Waals surface area (Å²) >= 11 is 2.87. The first kappa shape index (κ1) is 16.1. The molecule has 7 heteroatoms. The Morgan fingerprint density at radius 2 is 1.68 bits per heavy atom. The molecule has 1 rings (SSSR count). The zero-order valence-corrected chi connectivity index (χ0v) is 11.0. The van der Waals surface area contributed by atoms with Crippen molar-refractivity contribution in [2.75, 3.05) is 0 Å². The fraction of sp³-hybridized carbons (Fsp3) is 0.333. The Balaban J connectivity index is 2.77. The van der Waals surface area contributed by atoms with Crippen LogP contribution < -0.4 is 0 Å². The first-order chi connectivity index (χ1) is 8.64. The average Bonchev–Trinajstić information content (AvgIpc) is 2.28. The molecule has 0 aliphatic carbocycles. The SMILES string of the molecule is OC(CC(Br)=Cc1ccccc1)C(F)(F)C(F)(F)F. The van der Waals surface area contributed by atoms with Crippen LogP contribution >= 0.6 is 15.9 Å². The number of aliphatic hydroxyl groups excluding tert-OH is 1. The van der Waals surface area contributed by atoms with Crippen LogP contribution in [0, 0.1) is 0 Å². The van der Waals surface area contributed by atoms with E-state index in [2.05, 4.69) is 15.9 Å². The lowest BCUT2D eigenvalue weighted by atomic mass is 10.1. The smallest absolute Gasteiger partial charge is 0.386 e. The van der Waals surface area contributed by atoms with Crippen molar-refractivity contribution in [3.8, 4) is 0 Å². The summed E-state index contributed by atoms with van der Waals surface area (Å²) in [4.78, 5) is 0. The number of rotatable bonds is 4. The summed E-state index contributed by atoms with van der Waals surface area (Å²) in [5, 5.41) is 9.02. The zero-order valence-electron chi connectivity index (χ0n) is 9.46. The highest BCUT2D eigenvalue weighted by atomic mass is 79.9. The summed E-state index contributed by atoms with van der Waals surface area (Å²) < 4.78 is 61.7. The largest absolute Gasteiger partial charge is 0.456 e. The van der Waals surface area contributed by atoms with E-state index in [4.69, 9.17) is 5.11 Å². The van der Waals surface area contributed by atoms with E-state index in [1.165, 1.54) is 6.08 Å². The molecule has 1 nitrogen and oxygen atoms in total. The molecule has 106 valence electrons. The summed E-state index contributed by atoms with van der Waals surface area (Å²) in [6.07, 6.45) is -8.06. The molecule has 0 amide bonds. The second-order valence-corrected chi connectivity index (χ2v) is 4.86. The average molecular weight is 345 g/mol. The van der Waals surface area contributed by atoms with Gasteiger partial charge in [0.15, 0.2) is 0 Å². The molecular formula is C12H10BrF5O. The lowest BCUT2D eigenvalue weighted by molar-refractivity contribution is -0.312. The summed E-state index contributed by atoms with van der Waals surface area (Å²) in [7, 11) is 0. The Hall–Kier alpha value is -0.950. The van der Waals surface area contributed by atoms with Gasteiger partial charge in [-0.3, -0.25) is 0 Å². The minimum Gasteiger partial charge on any atom is -0.386 e. The monoisotopic (exact) mass is 344 g/mol. The van der Waals surface area contributed by atoms with E-state index >= 15 is 0 Å². The summed E-state index contributed by atoms with van der Waals surface area (Å²) in [5.74, 6) is -5.14. The summed E-state index contributed by atoms with van der Waals surface area (Å²) in [6.45, 7) is 0. The number of alkyl halides is 5. The highest BCUT2D eigenvalue weighted by Crippen LogP contribution is 2.40. The number of hydrogen-bond donors (Lipinski definition) is 1. The van der Waals surface area contributed by atoms with Gasteiger partial charge in [0.05, 0.1) is 0 Å². The van der Waals surface area contributed by atoms with Crippen LogP contribution in [0.15, 0.2) is 34.8 Å². The third-order valence-corrected chi connectivity index (χ3v) is 2.86. The molecule has 1 aromatic carbocycles. The maximum atomic E-state index is 12.8. The number of hydrogen-bond acceptors (Lipinski definition) is 1. The molecule has 1 aromatic rings. The van der Waals surface area contributed by atoms with Gasteiger partial charge >= 0.3 is 12.1 Å². The molecule has 1 atom stereocenters. The van der Waals surface area contributed by atoms with Gasteiger partial charge in [0.25, 0.3) is 0 Å². The van der Waals surface area contributed by atoms with E-state index in [-0.39, 0.29) is 4.48 Å². The first-order valence-electron chi connectivity index (χ1n) is 5.18. The fourth-order valence-electron chi connectivity index (χ4n) is 1.29. The quantitative estimate of drug-likeness (QED) is 0.804. The zero-order chi connectivity index (χ0) is 14.7. The predicted octanol–water partition coefficient (Wildman–Crippen LogP) is 4.37. The molecule has 0 fully saturated rings. The van der Waals surface area contributed by atoms with Crippen LogP contribution in [0.1, 0.15) is 12.0 Å². The Morgan fingerprint density at radius 1 is 1.16 bits per heavy atom. The molecule has 0 heterocycles. The number of benzene rings is 1. The molecule has 19 heavy (non-hydrogen) atoms. The van der Waals surface area contributed by atoms with Crippen LogP contribution in [-0.2, 0) is 0 Å². The van der Waals surface area contributed by atoms with Gasteiger partial charge in [-0.1, -0.05) is 46.3 Å². The van der Waals surface area contributed by atoms with Crippen LogP contribution in [0.4, 0.5) is 22.0 Å². The molecule has 0 aromatic heterocycles. The molecule has 0 bridgehead atoms. The van der Waals surface area contributed by atoms with Gasteiger partial charge in [-0.15, -0.1) is 0 Å². The van der Waals surface area contributed by atoms with Crippen molar-refractivity contribution in [1.29, 1.82) is 0 Å². The molecule has 1 unspecified atom stereocenters. The number of aliphatic hydroxyl groups is 1.